The van der Waals surface area contributed by atoms with Crippen LogP contribution in [-0.2, 0) is 25.5 Å². The van der Waals surface area contributed by atoms with Gasteiger partial charge in [-0.3, -0.25) is 19.9 Å². The smallest absolute Gasteiger partial charge is 0.412 e. The zero-order valence-electron chi connectivity index (χ0n) is 27.1. The van der Waals surface area contributed by atoms with Crippen molar-refractivity contribution in [2.75, 3.05) is 25.0 Å². The number of nitrogens with one attached hydrogen (secondary N) is 2. The van der Waals surface area contributed by atoms with E-state index in [0.717, 1.165) is 6.26 Å². The number of halogens is 1. The number of aliphatic hydroxyl groups is 1. The number of cyclic esters (lactones) is 1. The molecule has 4 heterocycles. The van der Waals surface area contributed by atoms with E-state index in [1.54, 1.807) is 39.0 Å². The molecule has 2 aliphatic rings. The number of aliphatic hydroxyl groups excluding tert-OH is 1. The van der Waals surface area contributed by atoms with Gasteiger partial charge in [0.15, 0.2) is 17.4 Å². The Hall–Kier alpha value is -4.92. The van der Waals surface area contributed by atoms with E-state index >= 15 is 0 Å². The van der Waals surface area contributed by atoms with Gasteiger partial charge in [-0.1, -0.05) is 43.7 Å². The number of alkyl halides is 1. The van der Waals surface area contributed by atoms with E-state index in [-0.39, 0.29) is 49.9 Å². The molecule has 48 heavy (non-hydrogen) atoms. The lowest BCUT2D eigenvalue weighted by Crippen LogP contribution is -2.44. The summed E-state index contributed by atoms with van der Waals surface area (Å²) >= 11 is 0. The Balaban J connectivity index is 1.54. The number of hydrogen-bond acceptors (Lipinski definition) is 11. The fraction of sp³-hybridized carbons (Fsp3) is 0.485. The van der Waals surface area contributed by atoms with Gasteiger partial charge in [-0.25, -0.2) is 23.9 Å². The predicted octanol–water partition coefficient (Wildman–Crippen LogP) is 3.32. The van der Waals surface area contributed by atoms with Crippen LogP contribution in [0.15, 0.2) is 65.2 Å². The van der Waals surface area contributed by atoms with Gasteiger partial charge in [-0.15, -0.1) is 0 Å². The molecule has 3 amide bonds. The molecule has 3 N–H and O–H groups in total. The van der Waals surface area contributed by atoms with Crippen LogP contribution in [0.5, 0.6) is 0 Å². The molecule has 2 aromatic heterocycles. The van der Waals surface area contributed by atoms with Gasteiger partial charge >= 0.3 is 12.1 Å². The maximum Gasteiger partial charge on any atom is 0.412 e. The number of carbonyl (C=O) groups is 4. The van der Waals surface area contributed by atoms with Crippen molar-refractivity contribution in [1.82, 2.24) is 25.2 Å². The number of esters is 1. The summed E-state index contributed by atoms with van der Waals surface area (Å²) in [6.45, 7) is 5.53. The molecule has 4 rings (SSSR count). The number of fused-ring (bicyclic) bond motifs is 3. The zero-order chi connectivity index (χ0) is 34.6. The Bertz CT molecular complexity index is 1510. The molecule has 14 nitrogen and oxygen atoms in total. The van der Waals surface area contributed by atoms with Crippen LogP contribution < -0.4 is 10.6 Å². The van der Waals surface area contributed by atoms with E-state index in [2.05, 4.69) is 25.6 Å². The highest BCUT2D eigenvalue weighted by molar-refractivity contribution is 5.95. The van der Waals surface area contributed by atoms with Gasteiger partial charge in [0.2, 0.25) is 5.91 Å². The molecule has 0 unspecified atom stereocenters. The summed E-state index contributed by atoms with van der Waals surface area (Å²) in [6, 6.07) is -0.930. The molecule has 6 atom stereocenters. The van der Waals surface area contributed by atoms with Crippen LogP contribution in [-0.4, -0.2) is 93.0 Å². The van der Waals surface area contributed by atoms with E-state index in [4.69, 9.17) is 13.9 Å². The second-order valence-electron chi connectivity index (χ2n) is 11.9. The van der Waals surface area contributed by atoms with Crippen LogP contribution in [0, 0.1) is 11.8 Å². The van der Waals surface area contributed by atoms with Gasteiger partial charge < -0.3 is 29.2 Å². The fourth-order valence-electron chi connectivity index (χ4n) is 5.44. The first-order valence-electron chi connectivity index (χ1n) is 15.8. The van der Waals surface area contributed by atoms with Gasteiger partial charge in [-0.2, -0.15) is 0 Å². The predicted molar refractivity (Wildman–Crippen MR) is 170 cm³/mol. The molecule has 1 saturated heterocycles. The molecule has 15 heteroatoms. The van der Waals surface area contributed by atoms with Gasteiger partial charge in [0, 0.05) is 43.7 Å². The lowest BCUT2D eigenvalue weighted by Gasteiger charge is -2.30. The summed E-state index contributed by atoms with van der Waals surface area (Å²) in [5.41, 5.74) is 0.591. The molecular formula is C33H41FN6O8. The Morgan fingerprint density at radius 1 is 1.27 bits per heavy atom. The third-order valence-electron chi connectivity index (χ3n) is 7.83. The van der Waals surface area contributed by atoms with Crippen molar-refractivity contribution in [1.29, 1.82) is 0 Å². The van der Waals surface area contributed by atoms with Gasteiger partial charge in [0.25, 0.3) is 5.91 Å². The lowest BCUT2D eigenvalue weighted by atomic mass is 9.93. The van der Waals surface area contributed by atoms with Crippen LogP contribution >= 0.6 is 0 Å². The molecule has 1 fully saturated rings. The number of nitrogens with zero attached hydrogens (tertiary/aromatic N) is 4. The molecule has 2 aliphatic heterocycles. The number of hydrogen-bond donors (Lipinski definition) is 3. The Morgan fingerprint density at radius 3 is 2.85 bits per heavy atom. The summed E-state index contributed by atoms with van der Waals surface area (Å²) in [5.74, 6) is -2.50. The van der Waals surface area contributed by atoms with Crippen molar-refractivity contribution in [2.45, 2.75) is 70.9 Å². The minimum atomic E-state index is -1.50. The van der Waals surface area contributed by atoms with E-state index in [9.17, 15) is 28.7 Å². The highest BCUT2D eigenvalue weighted by Gasteiger charge is 2.39. The monoisotopic (exact) mass is 668 g/mol. The Kier molecular flexibility index (Phi) is 12.9. The number of allylic oxidation sites excluding steroid dienone is 2. The van der Waals surface area contributed by atoms with Crippen molar-refractivity contribution in [2.24, 2.45) is 11.8 Å². The third-order valence-corrected chi connectivity index (χ3v) is 7.83. The van der Waals surface area contributed by atoms with Gasteiger partial charge in [0.05, 0.1) is 25.3 Å². The first kappa shape index (κ1) is 35.9. The number of rotatable bonds is 4. The van der Waals surface area contributed by atoms with E-state index < -0.39 is 60.1 Å². The van der Waals surface area contributed by atoms with Gasteiger partial charge in [-0.05, 0) is 25.8 Å². The first-order valence-corrected chi connectivity index (χ1v) is 15.8. The number of oxazole rings is 1. The van der Waals surface area contributed by atoms with Crippen molar-refractivity contribution >= 4 is 29.7 Å². The number of anilines is 1. The van der Waals surface area contributed by atoms with Crippen LogP contribution in [0.25, 0.3) is 0 Å². The summed E-state index contributed by atoms with van der Waals surface area (Å²) in [6.07, 6.45) is 9.32. The Labute approximate surface area is 277 Å². The number of amides is 3. The van der Waals surface area contributed by atoms with Crippen LogP contribution in [0.1, 0.15) is 56.4 Å². The standard InChI is InChI=1S/C33H41FN6O8/c1-20-6-4-10-37-28(42)9-8-21(2)30(22(3)18-47-33(45)39-27-17-35-11-12-36-27)48-32(44)26-7-5-13-40(26)31(43)25-19-46-29(38-25)16-23(34)15-24(41)14-20/h4,6,8-9,11-12,14,17,19,21-24,26,30,41H,5,7,10,13,15-16,18H2,1-3H3,(H,37,42)(H,36,39,45)/b6-4+,9-8+,20-14+/t21-,22-,23-,24-,26-,30+/m1/s1. The zero-order valence-corrected chi connectivity index (χ0v) is 27.1. The summed E-state index contributed by atoms with van der Waals surface area (Å²) in [7, 11) is 0. The third kappa shape index (κ3) is 10.6. The van der Waals surface area contributed by atoms with Crippen LogP contribution in [0.2, 0.25) is 0 Å². The molecule has 258 valence electrons. The molecular weight excluding hydrogens is 627 g/mol. The Morgan fingerprint density at radius 2 is 2.08 bits per heavy atom. The van der Waals surface area contributed by atoms with Crippen molar-refractivity contribution in [3.05, 3.63) is 72.4 Å². The molecule has 0 saturated carbocycles. The quantitative estimate of drug-likeness (QED) is 0.406. The van der Waals surface area contributed by atoms with E-state index in [0.29, 0.717) is 18.4 Å². The minimum Gasteiger partial charge on any atom is -0.460 e. The topological polar surface area (TPSA) is 186 Å². The highest BCUT2D eigenvalue weighted by Crippen LogP contribution is 2.26. The van der Waals surface area contributed by atoms with Crippen molar-refractivity contribution < 1.29 is 42.6 Å². The highest BCUT2D eigenvalue weighted by atomic mass is 19.1. The largest absolute Gasteiger partial charge is 0.460 e. The molecule has 0 aliphatic carbocycles. The number of carbonyl (C=O) groups excluding carboxylic acids is 4. The normalized spacial score (nSPS) is 27.8. The first-order chi connectivity index (χ1) is 23.0. The SMILES string of the molecule is CC1=C\[C@@H](O)C[C@@H](F)Cc2nc(co2)C(=O)N2CCC[C@@H]2C(=O)O[C@H]([C@H](C)COC(=O)Nc2cnccn2)[C@H](C)/C=C/C(=O)NC\C=C\1. The van der Waals surface area contributed by atoms with E-state index in [1.165, 1.54) is 35.6 Å². The second kappa shape index (κ2) is 17.3. The molecule has 0 spiro atoms. The average Bonchev–Trinajstić information content (AvgIpc) is 3.73. The van der Waals surface area contributed by atoms with Gasteiger partial charge in [0.1, 0.15) is 24.6 Å². The minimum absolute atomic E-state index is 0.0102. The van der Waals surface area contributed by atoms with E-state index in [1.807, 2.05) is 0 Å². The van der Waals surface area contributed by atoms with Crippen molar-refractivity contribution in [3.63, 3.8) is 0 Å². The summed E-state index contributed by atoms with van der Waals surface area (Å²) in [4.78, 5) is 65.3. The lowest BCUT2D eigenvalue weighted by molar-refractivity contribution is -0.159. The maximum absolute atomic E-state index is 14.8. The van der Waals surface area contributed by atoms with Crippen LogP contribution in [0.4, 0.5) is 15.0 Å². The number of ether oxygens (including phenoxy) is 2. The molecule has 2 bridgehead atoms. The number of aromatic nitrogens is 3. The van der Waals surface area contributed by atoms with Crippen molar-refractivity contribution in [3.8, 4) is 0 Å². The second-order valence-corrected chi connectivity index (χ2v) is 11.9. The van der Waals surface area contributed by atoms with Crippen LogP contribution in [0.3, 0.4) is 0 Å². The molecule has 0 radical (unpaired) electrons. The average molecular weight is 669 g/mol. The summed E-state index contributed by atoms with van der Waals surface area (Å²) < 4.78 is 31.5. The summed E-state index contributed by atoms with van der Waals surface area (Å²) in [5, 5.41) is 15.5. The fourth-order valence-corrected chi connectivity index (χ4v) is 5.44. The molecule has 0 aromatic carbocycles. The molecule has 2 aromatic rings. The maximum atomic E-state index is 14.8.